The van der Waals surface area contributed by atoms with E-state index < -0.39 is 5.82 Å². The average Bonchev–Trinajstić information content (AvgIpc) is 2.94. The van der Waals surface area contributed by atoms with Gasteiger partial charge in [0.25, 0.3) is 0 Å². The third-order valence-electron chi connectivity index (χ3n) is 4.23. The van der Waals surface area contributed by atoms with Crippen LogP contribution >= 0.6 is 11.6 Å². The number of carbonyl (C=O) groups is 1. The van der Waals surface area contributed by atoms with Crippen LogP contribution in [0.15, 0.2) is 30.5 Å². The van der Waals surface area contributed by atoms with Gasteiger partial charge in [0, 0.05) is 17.8 Å². The van der Waals surface area contributed by atoms with E-state index in [4.69, 9.17) is 11.6 Å². The highest BCUT2D eigenvalue weighted by molar-refractivity contribution is 6.33. The third kappa shape index (κ3) is 3.22. The summed E-state index contributed by atoms with van der Waals surface area (Å²) in [5.74, 6) is 0.686. The Morgan fingerprint density at radius 2 is 2.04 bits per heavy atom. The predicted molar refractivity (Wildman–Crippen MR) is 96.7 cm³/mol. The fourth-order valence-electron chi connectivity index (χ4n) is 2.46. The van der Waals surface area contributed by atoms with Gasteiger partial charge in [0.05, 0.1) is 10.6 Å². The topological polar surface area (TPSA) is 59.3 Å². The van der Waals surface area contributed by atoms with E-state index in [1.165, 1.54) is 18.2 Å². The number of aldehydes is 1. The van der Waals surface area contributed by atoms with Crippen LogP contribution in [0.5, 0.6) is 0 Å². The Hall–Kier alpha value is -2.47. The second-order valence-corrected chi connectivity index (χ2v) is 6.65. The zero-order valence-electron chi connectivity index (χ0n) is 14.1. The van der Waals surface area contributed by atoms with Gasteiger partial charge in [-0.1, -0.05) is 25.4 Å². The van der Waals surface area contributed by atoms with Crippen molar-refractivity contribution in [2.24, 2.45) is 5.92 Å². The second kappa shape index (κ2) is 6.80. The molecule has 1 aromatic carbocycles. The van der Waals surface area contributed by atoms with Crippen molar-refractivity contribution in [3.05, 3.63) is 46.9 Å². The van der Waals surface area contributed by atoms with Crippen LogP contribution < -0.4 is 5.32 Å². The molecule has 2 heterocycles. The summed E-state index contributed by atoms with van der Waals surface area (Å²) < 4.78 is 14.9. The van der Waals surface area contributed by atoms with E-state index in [-0.39, 0.29) is 11.1 Å². The van der Waals surface area contributed by atoms with Crippen molar-refractivity contribution in [3.63, 3.8) is 0 Å². The van der Waals surface area contributed by atoms with Crippen LogP contribution in [0.2, 0.25) is 5.02 Å². The first-order valence-corrected chi connectivity index (χ1v) is 8.35. The van der Waals surface area contributed by atoms with Crippen LogP contribution in [0, 0.1) is 11.7 Å². The van der Waals surface area contributed by atoms with E-state index in [1.54, 1.807) is 16.8 Å². The van der Waals surface area contributed by atoms with E-state index >= 15 is 0 Å². The molecule has 0 aliphatic rings. The largest absolute Gasteiger partial charge is 0.367 e. The lowest BCUT2D eigenvalue weighted by molar-refractivity contribution is 0.112. The summed E-state index contributed by atoms with van der Waals surface area (Å²) >= 11 is 6.15. The molecule has 0 amide bonds. The number of benzene rings is 1. The maximum Gasteiger partial charge on any atom is 0.168 e. The monoisotopic (exact) mass is 360 g/mol. The smallest absolute Gasteiger partial charge is 0.168 e. The van der Waals surface area contributed by atoms with Crippen LogP contribution in [0.25, 0.3) is 16.9 Å². The molecule has 0 fully saturated rings. The first-order valence-electron chi connectivity index (χ1n) is 7.97. The summed E-state index contributed by atoms with van der Waals surface area (Å²) in [6.07, 6.45) is 2.31. The van der Waals surface area contributed by atoms with Crippen LogP contribution in [0.3, 0.4) is 0 Å². The molecule has 1 unspecified atom stereocenters. The quantitative estimate of drug-likeness (QED) is 0.682. The lowest BCUT2D eigenvalue weighted by Gasteiger charge is -2.19. The molecule has 0 radical (unpaired) electrons. The summed E-state index contributed by atoms with van der Waals surface area (Å²) in [5, 5.41) is 8.08. The Bertz CT molecular complexity index is 938. The maximum absolute atomic E-state index is 13.3. The van der Waals surface area contributed by atoms with E-state index in [9.17, 15) is 9.18 Å². The summed E-state index contributed by atoms with van der Waals surface area (Å²) in [7, 11) is 0. The number of carbonyl (C=O) groups excluding carboxylic acids is 1. The van der Waals surface area contributed by atoms with E-state index in [0.29, 0.717) is 34.7 Å². The Kier molecular flexibility index (Phi) is 4.72. The molecule has 7 heteroatoms. The molecular weight excluding hydrogens is 343 g/mol. The Labute approximate surface area is 149 Å². The van der Waals surface area contributed by atoms with Gasteiger partial charge in [0.2, 0.25) is 0 Å². The molecule has 0 aliphatic heterocycles. The lowest BCUT2D eigenvalue weighted by Crippen LogP contribution is -2.23. The summed E-state index contributed by atoms with van der Waals surface area (Å²) in [5.41, 5.74) is 1.60. The van der Waals surface area contributed by atoms with Gasteiger partial charge >= 0.3 is 0 Å². The van der Waals surface area contributed by atoms with Crippen molar-refractivity contribution in [1.82, 2.24) is 14.6 Å². The Balaban J connectivity index is 2.19. The van der Waals surface area contributed by atoms with Gasteiger partial charge in [0.15, 0.2) is 11.9 Å². The number of fused-ring (bicyclic) bond motifs is 1. The SMILES string of the molecule is CC(C)C(C)Nc1ccnc2c(C=O)c(-c3ccc(F)cc3Cl)nn12. The zero-order chi connectivity index (χ0) is 18.1. The van der Waals surface area contributed by atoms with Crippen molar-refractivity contribution >= 4 is 29.4 Å². The first kappa shape index (κ1) is 17.4. The van der Waals surface area contributed by atoms with Crippen molar-refractivity contribution in [2.75, 3.05) is 5.32 Å². The highest BCUT2D eigenvalue weighted by atomic mass is 35.5. The zero-order valence-corrected chi connectivity index (χ0v) is 14.9. The lowest BCUT2D eigenvalue weighted by atomic mass is 10.1. The molecule has 0 aliphatic carbocycles. The number of hydrogen-bond donors (Lipinski definition) is 1. The molecule has 3 aromatic rings. The minimum Gasteiger partial charge on any atom is -0.367 e. The molecular formula is C18H18ClFN4O. The molecule has 0 bridgehead atoms. The highest BCUT2D eigenvalue weighted by Gasteiger charge is 2.20. The normalized spacial score (nSPS) is 12.6. The van der Waals surface area contributed by atoms with Crippen molar-refractivity contribution in [1.29, 1.82) is 0 Å². The maximum atomic E-state index is 13.3. The Morgan fingerprint density at radius 1 is 1.28 bits per heavy atom. The molecule has 5 nitrogen and oxygen atoms in total. The first-order chi connectivity index (χ1) is 11.9. The second-order valence-electron chi connectivity index (χ2n) is 6.25. The predicted octanol–water partition coefficient (Wildman–Crippen LogP) is 4.46. The number of aromatic nitrogens is 3. The molecule has 3 rings (SSSR count). The van der Waals surface area contributed by atoms with E-state index in [1.807, 2.05) is 0 Å². The van der Waals surface area contributed by atoms with Gasteiger partial charge in [-0.25, -0.2) is 9.37 Å². The van der Waals surface area contributed by atoms with Crippen molar-refractivity contribution in [2.45, 2.75) is 26.8 Å². The van der Waals surface area contributed by atoms with Gasteiger partial charge in [0.1, 0.15) is 17.3 Å². The number of nitrogens with zero attached hydrogens (tertiary/aromatic N) is 3. The molecule has 1 atom stereocenters. The Morgan fingerprint density at radius 3 is 2.68 bits per heavy atom. The number of hydrogen-bond acceptors (Lipinski definition) is 4. The minimum absolute atomic E-state index is 0.191. The van der Waals surface area contributed by atoms with Gasteiger partial charge in [-0.3, -0.25) is 4.79 Å². The molecule has 0 saturated carbocycles. The molecule has 2 aromatic heterocycles. The van der Waals surface area contributed by atoms with Crippen molar-refractivity contribution < 1.29 is 9.18 Å². The highest BCUT2D eigenvalue weighted by Crippen LogP contribution is 2.31. The molecule has 25 heavy (non-hydrogen) atoms. The fourth-order valence-corrected chi connectivity index (χ4v) is 2.72. The van der Waals surface area contributed by atoms with Gasteiger partial charge in [-0.05, 0) is 37.1 Å². The summed E-state index contributed by atoms with van der Waals surface area (Å²) in [4.78, 5) is 15.9. The number of nitrogens with one attached hydrogen (secondary N) is 1. The van der Waals surface area contributed by atoms with Crippen LogP contribution in [-0.2, 0) is 0 Å². The molecule has 1 N–H and O–H groups in total. The minimum atomic E-state index is -0.448. The van der Waals surface area contributed by atoms with Crippen LogP contribution in [-0.4, -0.2) is 26.9 Å². The number of anilines is 1. The van der Waals surface area contributed by atoms with Gasteiger partial charge < -0.3 is 5.32 Å². The van der Waals surface area contributed by atoms with Gasteiger partial charge in [-0.2, -0.15) is 9.61 Å². The molecule has 130 valence electrons. The summed E-state index contributed by atoms with van der Waals surface area (Å²) in [6.45, 7) is 6.29. The van der Waals surface area contributed by atoms with Gasteiger partial charge in [-0.15, -0.1) is 0 Å². The average molecular weight is 361 g/mol. The van der Waals surface area contributed by atoms with E-state index in [2.05, 4.69) is 36.2 Å². The fraction of sp³-hybridized carbons (Fsp3) is 0.278. The third-order valence-corrected chi connectivity index (χ3v) is 4.55. The van der Waals surface area contributed by atoms with Crippen molar-refractivity contribution in [3.8, 4) is 11.3 Å². The summed E-state index contributed by atoms with van der Waals surface area (Å²) in [6, 6.07) is 5.99. The van der Waals surface area contributed by atoms with Crippen LogP contribution in [0.1, 0.15) is 31.1 Å². The van der Waals surface area contributed by atoms with Crippen LogP contribution in [0.4, 0.5) is 10.2 Å². The molecule has 0 spiro atoms. The standard InChI is InChI=1S/C18H18ClFN4O/c1-10(2)11(3)22-16-6-7-21-18-14(9-25)17(23-24(16)18)13-5-4-12(20)8-15(13)19/h4-11,22H,1-3H3. The molecule has 0 saturated heterocycles. The number of rotatable bonds is 5. The number of halogens is 2. The van der Waals surface area contributed by atoms with E-state index in [0.717, 1.165) is 5.82 Å².